The minimum Gasteiger partial charge on any atom is -0.393 e. The van der Waals surface area contributed by atoms with Gasteiger partial charge in [-0.2, -0.15) is 0 Å². The minimum atomic E-state index is -0.194. The van der Waals surface area contributed by atoms with Crippen LogP contribution in [-0.2, 0) is 6.42 Å². The second-order valence-corrected chi connectivity index (χ2v) is 6.72. The molecule has 1 aliphatic carbocycles. The van der Waals surface area contributed by atoms with Crippen molar-refractivity contribution in [3.05, 3.63) is 60.2 Å². The molecule has 0 unspecified atom stereocenters. The molecule has 0 aliphatic heterocycles. The molecule has 132 valence electrons. The van der Waals surface area contributed by atoms with Crippen molar-refractivity contribution in [2.24, 2.45) is 0 Å². The van der Waals surface area contributed by atoms with E-state index in [1.165, 1.54) is 16.7 Å². The minimum absolute atomic E-state index is 0.109. The van der Waals surface area contributed by atoms with E-state index >= 15 is 0 Å². The topological polar surface area (TPSA) is 61.4 Å². The number of urea groups is 1. The lowest BCUT2D eigenvalue weighted by Gasteiger charge is -2.26. The van der Waals surface area contributed by atoms with Crippen LogP contribution in [-0.4, -0.2) is 29.8 Å². The number of hydrogen-bond donors (Lipinski definition) is 3. The Morgan fingerprint density at radius 2 is 1.56 bits per heavy atom. The Morgan fingerprint density at radius 3 is 2.24 bits per heavy atom. The van der Waals surface area contributed by atoms with Crippen molar-refractivity contribution in [3.8, 4) is 11.1 Å². The second kappa shape index (κ2) is 8.67. The normalized spacial score (nSPS) is 20.0. The lowest BCUT2D eigenvalue weighted by Crippen LogP contribution is -2.44. The van der Waals surface area contributed by atoms with Crippen LogP contribution in [0.4, 0.5) is 4.79 Å². The zero-order chi connectivity index (χ0) is 17.5. The molecular formula is C21H26N2O2. The Hall–Kier alpha value is -2.33. The summed E-state index contributed by atoms with van der Waals surface area (Å²) in [6.07, 6.45) is 3.88. The number of hydrogen-bond acceptors (Lipinski definition) is 2. The van der Waals surface area contributed by atoms with Crippen LogP contribution in [0.25, 0.3) is 11.1 Å². The molecule has 25 heavy (non-hydrogen) atoms. The third kappa shape index (κ3) is 5.33. The van der Waals surface area contributed by atoms with Crippen LogP contribution in [0, 0.1) is 0 Å². The fraction of sp³-hybridized carbons (Fsp3) is 0.381. The van der Waals surface area contributed by atoms with Crippen LogP contribution in [0.15, 0.2) is 54.6 Å². The van der Waals surface area contributed by atoms with Crippen molar-refractivity contribution in [2.45, 2.75) is 44.2 Å². The zero-order valence-electron chi connectivity index (χ0n) is 14.4. The fourth-order valence-electron chi connectivity index (χ4n) is 3.27. The molecule has 0 aromatic heterocycles. The number of carbonyl (C=O) groups excluding carboxylic acids is 1. The summed E-state index contributed by atoms with van der Waals surface area (Å²) in [6, 6.07) is 18.9. The smallest absolute Gasteiger partial charge is 0.315 e. The summed E-state index contributed by atoms with van der Waals surface area (Å²) < 4.78 is 0. The highest BCUT2D eigenvalue weighted by Gasteiger charge is 2.20. The first-order chi connectivity index (χ1) is 12.2. The summed E-state index contributed by atoms with van der Waals surface area (Å²) in [7, 11) is 0. The SMILES string of the molecule is O=C(NCCc1ccc(-c2ccccc2)cc1)NC1CCC(O)CC1. The lowest BCUT2D eigenvalue weighted by molar-refractivity contribution is 0.117. The maximum absolute atomic E-state index is 11.9. The average Bonchev–Trinajstić information content (AvgIpc) is 2.65. The third-order valence-corrected chi connectivity index (χ3v) is 4.79. The van der Waals surface area contributed by atoms with Gasteiger partial charge in [-0.05, 0) is 48.8 Å². The Morgan fingerprint density at radius 1 is 0.920 bits per heavy atom. The quantitative estimate of drug-likeness (QED) is 0.781. The van der Waals surface area contributed by atoms with Gasteiger partial charge in [0.1, 0.15) is 0 Å². The van der Waals surface area contributed by atoms with Gasteiger partial charge in [0.2, 0.25) is 0 Å². The van der Waals surface area contributed by atoms with Gasteiger partial charge < -0.3 is 15.7 Å². The molecule has 4 heteroatoms. The summed E-state index contributed by atoms with van der Waals surface area (Å²) >= 11 is 0. The Labute approximate surface area is 149 Å². The van der Waals surface area contributed by atoms with E-state index in [1.54, 1.807) is 0 Å². The molecule has 0 saturated heterocycles. The molecule has 1 aliphatic rings. The molecule has 0 spiro atoms. The van der Waals surface area contributed by atoms with Gasteiger partial charge in [0, 0.05) is 12.6 Å². The van der Waals surface area contributed by atoms with Crippen LogP contribution in [0.3, 0.4) is 0 Å². The molecule has 2 aromatic rings. The Balaban J connectivity index is 1.40. The predicted octanol–water partition coefficient (Wildman–Crippen LogP) is 3.50. The average molecular weight is 338 g/mol. The van der Waals surface area contributed by atoms with E-state index in [0.717, 1.165) is 32.1 Å². The lowest BCUT2D eigenvalue weighted by atomic mass is 9.93. The van der Waals surface area contributed by atoms with Crippen LogP contribution in [0.5, 0.6) is 0 Å². The highest BCUT2D eigenvalue weighted by atomic mass is 16.3. The van der Waals surface area contributed by atoms with Gasteiger partial charge in [0.25, 0.3) is 0 Å². The molecule has 0 heterocycles. The number of aliphatic hydroxyl groups excluding tert-OH is 1. The van der Waals surface area contributed by atoms with Gasteiger partial charge in [-0.3, -0.25) is 0 Å². The van der Waals surface area contributed by atoms with E-state index in [-0.39, 0.29) is 18.2 Å². The first kappa shape index (κ1) is 17.5. The molecule has 0 radical (unpaired) electrons. The molecule has 2 aromatic carbocycles. The number of nitrogens with one attached hydrogen (secondary N) is 2. The summed E-state index contributed by atoms with van der Waals surface area (Å²) in [4.78, 5) is 11.9. The van der Waals surface area contributed by atoms with Crippen LogP contribution >= 0.6 is 0 Å². The highest BCUT2D eigenvalue weighted by Crippen LogP contribution is 2.19. The zero-order valence-corrected chi connectivity index (χ0v) is 14.4. The standard InChI is InChI=1S/C21H26N2O2/c24-20-12-10-19(11-13-20)23-21(25)22-15-14-16-6-8-18(9-7-16)17-4-2-1-3-5-17/h1-9,19-20,24H,10-15H2,(H2,22,23,25). The van der Waals surface area contributed by atoms with Crippen molar-refractivity contribution in [1.29, 1.82) is 0 Å². The number of carbonyl (C=O) groups is 1. The Bertz CT molecular complexity index is 662. The van der Waals surface area contributed by atoms with Crippen molar-refractivity contribution in [3.63, 3.8) is 0 Å². The van der Waals surface area contributed by atoms with Crippen molar-refractivity contribution >= 4 is 6.03 Å². The number of rotatable bonds is 5. The van der Waals surface area contributed by atoms with E-state index in [0.29, 0.717) is 6.54 Å². The summed E-state index contributed by atoms with van der Waals surface area (Å²) in [5.41, 5.74) is 3.62. The predicted molar refractivity (Wildman–Crippen MR) is 100 cm³/mol. The van der Waals surface area contributed by atoms with Crippen molar-refractivity contribution in [2.75, 3.05) is 6.54 Å². The third-order valence-electron chi connectivity index (χ3n) is 4.79. The monoisotopic (exact) mass is 338 g/mol. The molecule has 1 saturated carbocycles. The van der Waals surface area contributed by atoms with Crippen LogP contribution in [0.1, 0.15) is 31.2 Å². The van der Waals surface area contributed by atoms with Crippen molar-refractivity contribution in [1.82, 2.24) is 10.6 Å². The second-order valence-electron chi connectivity index (χ2n) is 6.72. The van der Waals surface area contributed by atoms with Crippen molar-refractivity contribution < 1.29 is 9.90 Å². The number of benzene rings is 2. The first-order valence-electron chi connectivity index (χ1n) is 9.07. The van der Waals surface area contributed by atoms with Gasteiger partial charge in [-0.15, -0.1) is 0 Å². The van der Waals surface area contributed by atoms with E-state index in [9.17, 15) is 9.90 Å². The molecule has 2 amide bonds. The Kier molecular flexibility index (Phi) is 6.07. The number of amides is 2. The van der Waals surface area contributed by atoms with E-state index < -0.39 is 0 Å². The summed E-state index contributed by atoms with van der Waals surface area (Å²) in [5.74, 6) is 0. The van der Waals surface area contributed by atoms with Gasteiger partial charge in [0.05, 0.1) is 6.10 Å². The fourth-order valence-corrected chi connectivity index (χ4v) is 3.27. The maximum Gasteiger partial charge on any atom is 0.315 e. The van der Waals surface area contributed by atoms with Crippen LogP contribution < -0.4 is 10.6 Å². The summed E-state index contributed by atoms with van der Waals surface area (Å²) in [6.45, 7) is 0.617. The molecule has 0 atom stereocenters. The van der Waals surface area contributed by atoms with Gasteiger partial charge in [-0.1, -0.05) is 54.6 Å². The molecular weight excluding hydrogens is 312 g/mol. The van der Waals surface area contributed by atoms with Gasteiger partial charge in [0.15, 0.2) is 0 Å². The first-order valence-corrected chi connectivity index (χ1v) is 9.07. The molecule has 3 N–H and O–H groups in total. The highest BCUT2D eigenvalue weighted by molar-refractivity contribution is 5.74. The van der Waals surface area contributed by atoms with E-state index in [2.05, 4.69) is 47.0 Å². The number of aliphatic hydroxyl groups is 1. The molecule has 1 fully saturated rings. The van der Waals surface area contributed by atoms with Crippen LogP contribution in [0.2, 0.25) is 0 Å². The summed E-state index contributed by atoms with van der Waals surface area (Å²) in [5, 5.41) is 15.4. The van der Waals surface area contributed by atoms with Gasteiger partial charge in [-0.25, -0.2) is 4.79 Å². The van der Waals surface area contributed by atoms with Gasteiger partial charge >= 0.3 is 6.03 Å². The maximum atomic E-state index is 11.9. The molecule has 4 nitrogen and oxygen atoms in total. The van der Waals surface area contributed by atoms with E-state index in [4.69, 9.17) is 0 Å². The van der Waals surface area contributed by atoms with E-state index in [1.807, 2.05) is 18.2 Å². The largest absolute Gasteiger partial charge is 0.393 e. The molecule has 0 bridgehead atoms. The molecule has 3 rings (SSSR count).